The van der Waals surface area contributed by atoms with E-state index in [1.165, 1.54) is 6.33 Å². The highest BCUT2D eigenvalue weighted by Gasteiger charge is 2.45. The molecule has 0 saturated carbocycles. The minimum Gasteiger partial charge on any atom is -0.394 e. The lowest BCUT2D eigenvalue weighted by Gasteiger charge is -2.11. The number of ether oxygens (including phenoxy) is 1. The molecule has 0 aromatic carbocycles. The minimum absolute atomic E-state index is 0.162. The minimum atomic E-state index is -1.25. The Kier molecular flexibility index (Phi) is 2.82. The highest BCUT2D eigenvalue weighted by molar-refractivity contribution is 5.75. The molecule has 1 aliphatic rings. The van der Waals surface area contributed by atoms with E-state index in [1.54, 1.807) is 0 Å². The van der Waals surface area contributed by atoms with Gasteiger partial charge in [-0.05, 0) is 0 Å². The maximum absolute atomic E-state index is 11.5. The van der Waals surface area contributed by atoms with Gasteiger partial charge in [0.15, 0.2) is 0 Å². The van der Waals surface area contributed by atoms with Crippen LogP contribution in [-0.4, -0.2) is 60.4 Å². The molecule has 9 heteroatoms. The van der Waals surface area contributed by atoms with Crippen molar-refractivity contribution >= 4 is 11.0 Å². The Morgan fingerprint density at radius 1 is 1.37 bits per heavy atom. The van der Waals surface area contributed by atoms with Gasteiger partial charge in [-0.3, -0.25) is 9.89 Å². The summed E-state index contributed by atoms with van der Waals surface area (Å²) in [6.45, 7) is -0.426. The van der Waals surface area contributed by atoms with Gasteiger partial charge in [-0.1, -0.05) is 0 Å². The maximum atomic E-state index is 11.5. The molecule has 0 radical (unpaired) electrons. The number of H-pyrrole nitrogens is 2. The summed E-state index contributed by atoms with van der Waals surface area (Å²) in [5.41, 5.74) is 0.257. The van der Waals surface area contributed by atoms with Gasteiger partial charge in [-0.25, -0.2) is 4.98 Å². The topological polar surface area (TPSA) is 144 Å². The summed E-state index contributed by atoms with van der Waals surface area (Å²) < 4.78 is 5.34. The van der Waals surface area contributed by atoms with E-state index in [-0.39, 0.29) is 16.7 Å². The third kappa shape index (κ3) is 1.75. The molecular formula is C10H12N4O5. The van der Waals surface area contributed by atoms with E-state index in [0.717, 1.165) is 0 Å². The van der Waals surface area contributed by atoms with Crippen LogP contribution in [0, 0.1) is 0 Å². The van der Waals surface area contributed by atoms with Gasteiger partial charge in [0.2, 0.25) is 0 Å². The molecule has 3 rings (SSSR count). The highest BCUT2D eigenvalue weighted by Crippen LogP contribution is 2.34. The van der Waals surface area contributed by atoms with Crippen molar-refractivity contribution < 1.29 is 20.1 Å². The second-order valence-electron chi connectivity index (χ2n) is 4.32. The number of aromatic amines is 2. The molecule has 102 valence electrons. The SMILES string of the molecule is O=c1[nH]cnc2c([C@@H]3O[C@H](CO)[C@@H](O)[C@H]3O)n[nH]c12. The van der Waals surface area contributed by atoms with Crippen molar-refractivity contribution in [3.63, 3.8) is 0 Å². The summed E-state index contributed by atoms with van der Waals surface area (Å²) >= 11 is 0. The van der Waals surface area contributed by atoms with Crippen molar-refractivity contribution in [3.05, 3.63) is 22.4 Å². The van der Waals surface area contributed by atoms with E-state index in [4.69, 9.17) is 9.84 Å². The van der Waals surface area contributed by atoms with E-state index in [0.29, 0.717) is 0 Å². The zero-order chi connectivity index (χ0) is 13.6. The van der Waals surface area contributed by atoms with Crippen LogP contribution >= 0.6 is 0 Å². The number of aromatic nitrogens is 4. The van der Waals surface area contributed by atoms with Crippen molar-refractivity contribution in [2.24, 2.45) is 0 Å². The number of hydrogen-bond donors (Lipinski definition) is 5. The largest absolute Gasteiger partial charge is 0.394 e. The first-order valence-electron chi connectivity index (χ1n) is 5.67. The standard InChI is InChI=1S/C10H12N4O5/c15-1-3-7(16)8(17)9(19-3)5-4-6(14-13-5)10(18)12-2-11-4/h2-3,7-9,15-17H,1H2,(H,13,14)(H,11,12,18)/t3-,7-,8-,9+/m1/s1. The molecule has 0 amide bonds. The van der Waals surface area contributed by atoms with Gasteiger partial charge in [0, 0.05) is 0 Å². The second kappa shape index (κ2) is 4.38. The lowest BCUT2D eigenvalue weighted by atomic mass is 10.1. The van der Waals surface area contributed by atoms with E-state index in [2.05, 4.69) is 20.2 Å². The Labute approximate surface area is 105 Å². The van der Waals surface area contributed by atoms with Crippen LogP contribution in [0.4, 0.5) is 0 Å². The smallest absolute Gasteiger partial charge is 0.276 e. The van der Waals surface area contributed by atoms with E-state index in [9.17, 15) is 15.0 Å². The summed E-state index contributed by atoms with van der Waals surface area (Å²) in [5.74, 6) is 0. The summed E-state index contributed by atoms with van der Waals surface area (Å²) in [4.78, 5) is 17.9. The molecule has 0 bridgehead atoms. The monoisotopic (exact) mass is 268 g/mol. The molecule has 0 spiro atoms. The Morgan fingerprint density at radius 3 is 2.84 bits per heavy atom. The molecule has 1 aliphatic heterocycles. The number of nitrogens with zero attached hydrogens (tertiary/aromatic N) is 2. The van der Waals surface area contributed by atoms with Crippen molar-refractivity contribution in [2.75, 3.05) is 6.61 Å². The molecule has 5 N–H and O–H groups in total. The van der Waals surface area contributed by atoms with Crippen molar-refractivity contribution in [1.82, 2.24) is 20.2 Å². The Balaban J connectivity index is 2.06. The average Bonchev–Trinajstić information content (AvgIpc) is 2.94. The van der Waals surface area contributed by atoms with Crippen LogP contribution < -0.4 is 5.56 Å². The highest BCUT2D eigenvalue weighted by atomic mass is 16.6. The van der Waals surface area contributed by atoms with Crippen LogP contribution in [0.25, 0.3) is 11.0 Å². The van der Waals surface area contributed by atoms with Gasteiger partial charge >= 0.3 is 0 Å². The molecule has 2 aromatic heterocycles. The van der Waals surface area contributed by atoms with Gasteiger partial charge in [0.25, 0.3) is 5.56 Å². The third-order valence-corrected chi connectivity index (χ3v) is 3.20. The van der Waals surface area contributed by atoms with Crippen molar-refractivity contribution in [2.45, 2.75) is 24.4 Å². The predicted molar refractivity (Wildman–Crippen MR) is 61.2 cm³/mol. The Hall–Kier alpha value is -1.81. The van der Waals surface area contributed by atoms with Crippen LogP contribution in [-0.2, 0) is 4.74 Å². The van der Waals surface area contributed by atoms with Crippen molar-refractivity contribution in [1.29, 1.82) is 0 Å². The number of hydrogen-bond acceptors (Lipinski definition) is 7. The number of aliphatic hydroxyl groups is 3. The van der Waals surface area contributed by atoms with Crippen LogP contribution in [0.3, 0.4) is 0 Å². The normalized spacial score (nSPS) is 31.1. The molecule has 4 atom stereocenters. The molecule has 0 unspecified atom stereocenters. The number of rotatable bonds is 2. The van der Waals surface area contributed by atoms with Crippen LogP contribution in [0.5, 0.6) is 0 Å². The average molecular weight is 268 g/mol. The summed E-state index contributed by atoms with van der Waals surface area (Å²) in [6.07, 6.45) is -3.09. The number of fused-ring (bicyclic) bond motifs is 1. The number of aliphatic hydroxyl groups excluding tert-OH is 3. The maximum Gasteiger partial charge on any atom is 0.276 e. The molecule has 19 heavy (non-hydrogen) atoms. The fourth-order valence-corrected chi connectivity index (χ4v) is 2.19. The lowest BCUT2D eigenvalue weighted by Crippen LogP contribution is -2.32. The molecule has 0 aliphatic carbocycles. The fourth-order valence-electron chi connectivity index (χ4n) is 2.19. The molecule has 1 fully saturated rings. The second-order valence-corrected chi connectivity index (χ2v) is 4.32. The van der Waals surface area contributed by atoms with E-state index in [1.807, 2.05) is 0 Å². The predicted octanol–water partition coefficient (Wildman–Crippen LogP) is -2.20. The van der Waals surface area contributed by atoms with Crippen LogP contribution in [0.2, 0.25) is 0 Å². The number of nitrogens with one attached hydrogen (secondary N) is 2. The summed E-state index contributed by atoms with van der Waals surface area (Å²) in [5, 5.41) is 35.0. The summed E-state index contributed by atoms with van der Waals surface area (Å²) in [6, 6.07) is 0. The van der Waals surface area contributed by atoms with E-state index >= 15 is 0 Å². The molecule has 1 saturated heterocycles. The zero-order valence-corrected chi connectivity index (χ0v) is 9.65. The van der Waals surface area contributed by atoms with Crippen LogP contribution in [0.15, 0.2) is 11.1 Å². The molecule has 3 heterocycles. The van der Waals surface area contributed by atoms with Gasteiger partial charge in [0.1, 0.15) is 41.1 Å². The fraction of sp³-hybridized carbons (Fsp3) is 0.500. The zero-order valence-electron chi connectivity index (χ0n) is 9.65. The summed E-state index contributed by atoms with van der Waals surface area (Å²) in [7, 11) is 0. The molecule has 9 nitrogen and oxygen atoms in total. The first-order chi connectivity index (χ1) is 9.13. The Bertz CT molecular complexity index is 653. The first kappa shape index (κ1) is 12.2. The molecule has 2 aromatic rings. The van der Waals surface area contributed by atoms with Gasteiger partial charge < -0.3 is 25.0 Å². The van der Waals surface area contributed by atoms with E-state index < -0.39 is 36.6 Å². The van der Waals surface area contributed by atoms with Crippen molar-refractivity contribution in [3.8, 4) is 0 Å². The quantitative estimate of drug-likeness (QED) is 0.415. The lowest BCUT2D eigenvalue weighted by molar-refractivity contribution is -0.0236. The van der Waals surface area contributed by atoms with Gasteiger partial charge in [-0.2, -0.15) is 5.10 Å². The van der Waals surface area contributed by atoms with Gasteiger partial charge in [-0.15, -0.1) is 0 Å². The molecular weight excluding hydrogens is 256 g/mol. The van der Waals surface area contributed by atoms with Crippen LogP contribution in [0.1, 0.15) is 11.8 Å². The first-order valence-corrected chi connectivity index (χ1v) is 5.67. The van der Waals surface area contributed by atoms with Gasteiger partial charge in [0.05, 0.1) is 12.9 Å². The third-order valence-electron chi connectivity index (χ3n) is 3.20. The Morgan fingerprint density at radius 2 is 2.16 bits per heavy atom.